The van der Waals surface area contributed by atoms with Gasteiger partial charge in [0.05, 0.1) is 12.7 Å². The molecule has 0 amide bonds. The zero-order valence-corrected chi connectivity index (χ0v) is 12.1. The maximum Gasteiger partial charge on any atom is 0.352 e. The van der Waals surface area contributed by atoms with Gasteiger partial charge in [0.1, 0.15) is 5.75 Å². The number of methoxy groups -OCH3 is 1. The number of rotatable bonds is 4. The van der Waals surface area contributed by atoms with Crippen molar-refractivity contribution in [2.45, 2.75) is 32.3 Å². The molecule has 1 aromatic rings. The second-order valence-electron chi connectivity index (χ2n) is 5.04. The summed E-state index contributed by atoms with van der Waals surface area (Å²) < 4.78 is 11.2. The lowest BCUT2D eigenvalue weighted by molar-refractivity contribution is 0.129. The van der Waals surface area contributed by atoms with E-state index in [2.05, 4.69) is 24.5 Å². The summed E-state index contributed by atoms with van der Waals surface area (Å²) in [5.74, 6) is 0.747. The summed E-state index contributed by atoms with van der Waals surface area (Å²) in [6.45, 7) is 15.4. The van der Waals surface area contributed by atoms with Crippen molar-refractivity contribution in [3.05, 3.63) is 41.2 Å². The second kappa shape index (κ2) is 4.90. The van der Waals surface area contributed by atoms with Gasteiger partial charge in [-0.2, -0.15) is 0 Å². The van der Waals surface area contributed by atoms with E-state index in [0.29, 0.717) is 0 Å². The van der Waals surface area contributed by atoms with Crippen molar-refractivity contribution >= 4 is 8.32 Å². The number of nitrogens with zero attached hydrogens (tertiary/aromatic N) is 1. The maximum atomic E-state index is 7.38. The van der Waals surface area contributed by atoms with Crippen LogP contribution in [0.15, 0.2) is 24.3 Å². The quantitative estimate of drug-likeness (QED) is 0.600. The number of benzene rings is 1. The Morgan fingerprint density at radius 3 is 2.41 bits per heavy atom. The minimum atomic E-state index is -1.78. The molecule has 0 aliphatic rings. The highest BCUT2D eigenvalue weighted by Gasteiger charge is 2.39. The average Bonchev–Trinajstić information content (AvgIpc) is 2.27. The monoisotopic (exact) mass is 249 g/mol. The summed E-state index contributed by atoms with van der Waals surface area (Å²) in [6, 6.07) is 7.51. The van der Waals surface area contributed by atoms with Crippen molar-refractivity contribution in [2.24, 2.45) is 0 Å². The molecule has 92 valence electrons. The molecule has 0 saturated carbocycles. The molecule has 0 spiro atoms. The van der Waals surface area contributed by atoms with Crippen LogP contribution in [0.4, 0.5) is 0 Å². The zero-order chi connectivity index (χ0) is 13.1. The van der Waals surface area contributed by atoms with Crippen molar-refractivity contribution in [3.8, 4) is 5.75 Å². The normalized spacial score (nSPS) is 14.8. The van der Waals surface area contributed by atoms with Crippen molar-refractivity contribution in [1.82, 2.24) is 0 Å². The lowest BCUT2D eigenvalue weighted by Gasteiger charge is -2.26. The molecule has 0 N–H and O–H groups in total. The van der Waals surface area contributed by atoms with Gasteiger partial charge < -0.3 is 9.16 Å². The van der Waals surface area contributed by atoms with E-state index in [1.165, 1.54) is 0 Å². The molecule has 4 heteroatoms. The van der Waals surface area contributed by atoms with E-state index in [1.54, 1.807) is 7.11 Å². The fourth-order valence-corrected chi connectivity index (χ4v) is 3.01. The highest BCUT2D eigenvalue weighted by atomic mass is 28.4. The van der Waals surface area contributed by atoms with Crippen LogP contribution in [0.5, 0.6) is 5.75 Å². The first-order chi connectivity index (χ1) is 7.80. The van der Waals surface area contributed by atoms with E-state index in [9.17, 15) is 0 Å². The highest BCUT2D eigenvalue weighted by Crippen LogP contribution is 2.32. The first-order valence-electron chi connectivity index (χ1n) is 5.54. The predicted octanol–water partition coefficient (Wildman–Crippen LogP) is 3.64. The Morgan fingerprint density at radius 2 is 1.94 bits per heavy atom. The maximum absolute atomic E-state index is 7.38. The Labute approximate surface area is 104 Å². The van der Waals surface area contributed by atoms with E-state index in [1.807, 2.05) is 31.2 Å². The Kier molecular flexibility index (Phi) is 3.97. The van der Waals surface area contributed by atoms with Crippen LogP contribution < -0.4 is 4.74 Å². The van der Waals surface area contributed by atoms with Gasteiger partial charge in [-0.05, 0) is 37.8 Å². The lowest BCUT2D eigenvalue weighted by atomic mass is 10.1. The Hall–Kier alpha value is -1.31. The first kappa shape index (κ1) is 13.8. The van der Waals surface area contributed by atoms with Gasteiger partial charge >= 0.3 is 5.72 Å². The molecule has 1 rings (SSSR count). The fourth-order valence-electron chi connectivity index (χ4n) is 1.65. The third-order valence-corrected chi connectivity index (χ3v) is 3.33. The minimum Gasteiger partial charge on any atom is -0.497 e. The van der Waals surface area contributed by atoms with Crippen LogP contribution in [-0.4, -0.2) is 15.4 Å². The van der Waals surface area contributed by atoms with Crippen molar-refractivity contribution in [1.29, 1.82) is 0 Å². The van der Waals surface area contributed by atoms with Crippen LogP contribution in [0.2, 0.25) is 19.6 Å². The molecule has 0 saturated heterocycles. The Bertz CT molecular complexity index is 434. The minimum absolute atomic E-state index is 0.747. The molecule has 0 radical (unpaired) electrons. The van der Waals surface area contributed by atoms with Gasteiger partial charge in [-0.3, -0.25) is 4.85 Å². The summed E-state index contributed by atoms with van der Waals surface area (Å²) >= 11 is 0. The molecule has 0 fully saturated rings. The van der Waals surface area contributed by atoms with Gasteiger partial charge in [0.2, 0.25) is 0 Å². The largest absolute Gasteiger partial charge is 0.497 e. The zero-order valence-electron chi connectivity index (χ0n) is 11.1. The SMILES string of the molecule is [C-]#[N+]C(C)(O[Si](C)(C)C)c1cccc(OC)c1. The standard InChI is InChI=1S/C13H19NO2Si/c1-13(14-2,16-17(4,5)6)11-8-7-9-12(10-11)15-3/h7-10H,1,3-6H3. The van der Waals surface area contributed by atoms with Crippen molar-refractivity contribution in [3.63, 3.8) is 0 Å². The van der Waals surface area contributed by atoms with Crippen LogP contribution in [0.25, 0.3) is 4.85 Å². The summed E-state index contributed by atoms with van der Waals surface area (Å²) in [4.78, 5) is 3.66. The third-order valence-electron chi connectivity index (χ3n) is 2.32. The Balaban J connectivity index is 3.12. The van der Waals surface area contributed by atoms with Crippen molar-refractivity contribution in [2.75, 3.05) is 7.11 Å². The average molecular weight is 249 g/mol. The number of hydrogen-bond donors (Lipinski definition) is 0. The fraction of sp³-hybridized carbons (Fsp3) is 0.462. The van der Waals surface area contributed by atoms with E-state index < -0.39 is 14.0 Å². The lowest BCUT2D eigenvalue weighted by Crippen LogP contribution is -2.36. The van der Waals surface area contributed by atoms with Gasteiger partial charge in [0, 0.05) is 6.92 Å². The van der Waals surface area contributed by atoms with Gasteiger partial charge in [-0.15, -0.1) is 0 Å². The van der Waals surface area contributed by atoms with E-state index >= 15 is 0 Å². The Morgan fingerprint density at radius 1 is 1.29 bits per heavy atom. The van der Waals surface area contributed by atoms with Crippen LogP contribution in [0.1, 0.15) is 12.5 Å². The summed E-state index contributed by atoms with van der Waals surface area (Å²) in [7, 11) is -0.160. The molecule has 1 aromatic carbocycles. The van der Waals surface area contributed by atoms with Gasteiger partial charge in [0.25, 0.3) is 0 Å². The molecule has 0 bridgehead atoms. The summed E-state index contributed by atoms with van der Waals surface area (Å²) in [5.41, 5.74) is -0.0757. The van der Waals surface area contributed by atoms with Crippen molar-refractivity contribution < 1.29 is 9.16 Å². The van der Waals surface area contributed by atoms with Crippen LogP contribution in [0.3, 0.4) is 0 Å². The van der Waals surface area contributed by atoms with Gasteiger partial charge in [-0.25, -0.2) is 6.57 Å². The highest BCUT2D eigenvalue weighted by molar-refractivity contribution is 6.69. The molecule has 0 aliphatic heterocycles. The molecule has 0 aromatic heterocycles. The van der Waals surface area contributed by atoms with Crippen LogP contribution >= 0.6 is 0 Å². The molecule has 0 heterocycles. The predicted molar refractivity (Wildman–Crippen MR) is 71.4 cm³/mol. The van der Waals surface area contributed by atoms with E-state index in [0.717, 1.165) is 11.3 Å². The van der Waals surface area contributed by atoms with E-state index in [-0.39, 0.29) is 0 Å². The molecule has 0 aliphatic carbocycles. The molecule has 1 atom stereocenters. The smallest absolute Gasteiger partial charge is 0.352 e. The molecular formula is C13H19NO2Si. The number of hydrogen-bond acceptors (Lipinski definition) is 2. The first-order valence-corrected chi connectivity index (χ1v) is 8.95. The summed E-state index contributed by atoms with van der Waals surface area (Å²) in [6.07, 6.45) is 0. The van der Waals surface area contributed by atoms with E-state index in [4.69, 9.17) is 15.7 Å². The second-order valence-corrected chi connectivity index (χ2v) is 9.47. The topological polar surface area (TPSA) is 22.8 Å². The molecular weight excluding hydrogens is 230 g/mol. The van der Waals surface area contributed by atoms with Gasteiger partial charge in [0.15, 0.2) is 8.32 Å². The number of ether oxygens (including phenoxy) is 1. The third kappa shape index (κ3) is 3.58. The van der Waals surface area contributed by atoms with Crippen LogP contribution in [0, 0.1) is 6.57 Å². The van der Waals surface area contributed by atoms with Crippen LogP contribution in [-0.2, 0) is 10.2 Å². The summed E-state index contributed by atoms with van der Waals surface area (Å²) in [5, 5.41) is 0. The molecule has 3 nitrogen and oxygen atoms in total. The van der Waals surface area contributed by atoms with Gasteiger partial charge in [-0.1, -0.05) is 6.07 Å². The molecule has 1 unspecified atom stereocenters. The molecule has 17 heavy (non-hydrogen) atoms.